The first kappa shape index (κ1) is 13.7. The predicted octanol–water partition coefficient (Wildman–Crippen LogP) is 2.21. The molecule has 3 heterocycles. The lowest BCUT2D eigenvalue weighted by Gasteiger charge is -2.33. The monoisotopic (exact) mass is 286 g/mol. The molecule has 0 aromatic heterocycles. The van der Waals surface area contributed by atoms with E-state index in [1.165, 1.54) is 44.3 Å². The molecule has 4 rings (SSSR count). The van der Waals surface area contributed by atoms with Gasteiger partial charge in [-0.05, 0) is 50.8 Å². The Balaban J connectivity index is 1.41. The number of fused-ring (bicyclic) bond motifs is 2. The van der Waals surface area contributed by atoms with Gasteiger partial charge in [-0.25, -0.2) is 0 Å². The molecular formula is C18H26N2O. The molecule has 114 valence electrons. The van der Waals surface area contributed by atoms with Crippen molar-refractivity contribution in [1.82, 2.24) is 10.2 Å². The quantitative estimate of drug-likeness (QED) is 0.922. The van der Waals surface area contributed by atoms with Gasteiger partial charge in [0, 0.05) is 18.6 Å². The van der Waals surface area contributed by atoms with Crippen LogP contribution >= 0.6 is 0 Å². The van der Waals surface area contributed by atoms with E-state index in [2.05, 4.69) is 40.5 Å². The molecule has 1 N–H and O–H groups in total. The zero-order chi connectivity index (χ0) is 14.1. The molecule has 21 heavy (non-hydrogen) atoms. The van der Waals surface area contributed by atoms with Crippen LogP contribution in [0, 0.1) is 0 Å². The molecule has 3 nitrogen and oxygen atoms in total. The lowest BCUT2D eigenvalue weighted by molar-refractivity contribution is 0.0692. The molecule has 3 saturated heterocycles. The lowest BCUT2D eigenvalue weighted by atomic mass is 9.93. The average molecular weight is 286 g/mol. The molecule has 0 amide bonds. The van der Waals surface area contributed by atoms with Crippen LogP contribution in [0.2, 0.25) is 0 Å². The molecule has 3 fully saturated rings. The van der Waals surface area contributed by atoms with Gasteiger partial charge in [-0.15, -0.1) is 0 Å². The molecule has 1 aromatic carbocycles. The summed E-state index contributed by atoms with van der Waals surface area (Å²) in [5, 5.41) is 3.75. The van der Waals surface area contributed by atoms with Crippen LogP contribution in [0.4, 0.5) is 0 Å². The fourth-order valence-electron chi connectivity index (χ4n) is 4.36. The number of benzene rings is 1. The van der Waals surface area contributed by atoms with Crippen LogP contribution in [-0.4, -0.2) is 48.8 Å². The standard InChI is InChI=1S/C18H26N2O/c1-2-5-14(6-3-1)11-15-13-20(10-4-9-19-15)17-12-16-7-8-18(17)21-16/h1-3,5-6,15-19H,4,7-13H2. The van der Waals surface area contributed by atoms with Crippen molar-refractivity contribution in [3.05, 3.63) is 35.9 Å². The molecule has 3 aliphatic heterocycles. The van der Waals surface area contributed by atoms with E-state index >= 15 is 0 Å². The van der Waals surface area contributed by atoms with Crippen molar-refractivity contribution in [2.75, 3.05) is 19.6 Å². The second kappa shape index (κ2) is 6.07. The second-order valence-corrected chi connectivity index (χ2v) is 6.87. The van der Waals surface area contributed by atoms with Crippen molar-refractivity contribution in [2.24, 2.45) is 0 Å². The highest BCUT2D eigenvalue weighted by molar-refractivity contribution is 5.16. The summed E-state index contributed by atoms with van der Waals surface area (Å²) in [6.45, 7) is 3.55. The van der Waals surface area contributed by atoms with E-state index in [0.29, 0.717) is 24.3 Å². The molecule has 0 radical (unpaired) electrons. The molecular weight excluding hydrogens is 260 g/mol. The Hall–Kier alpha value is -0.900. The van der Waals surface area contributed by atoms with Gasteiger partial charge < -0.3 is 10.1 Å². The lowest BCUT2D eigenvalue weighted by Crippen LogP contribution is -2.47. The Morgan fingerprint density at radius 1 is 1.19 bits per heavy atom. The zero-order valence-electron chi connectivity index (χ0n) is 12.7. The van der Waals surface area contributed by atoms with E-state index in [4.69, 9.17) is 4.74 Å². The summed E-state index contributed by atoms with van der Waals surface area (Å²) in [6.07, 6.45) is 7.32. The van der Waals surface area contributed by atoms with Crippen LogP contribution in [0.1, 0.15) is 31.2 Å². The van der Waals surface area contributed by atoms with Crippen LogP contribution < -0.4 is 5.32 Å². The predicted molar refractivity (Wildman–Crippen MR) is 84.4 cm³/mol. The first-order valence-corrected chi connectivity index (χ1v) is 8.55. The minimum atomic E-state index is 0.519. The van der Waals surface area contributed by atoms with Crippen molar-refractivity contribution in [1.29, 1.82) is 0 Å². The number of ether oxygens (including phenoxy) is 1. The van der Waals surface area contributed by atoms with Crippen LogP contribution in [0.15, 0.2) is 30.3 Å². The van der Waals surface area contributed by atoms with Gasteiger partial charge in [0.1, 0.15) is 0 Å². The molecule has 3 aliphatic rings. The van der Waals surface area contributed by atoms with Gasteiger partial charge in [0.25, 0.3) is 0 Å². The number of rotatable bonds is 3. The number of hydrogen-bond donors (Lipinski definition) is 1. The van der Waals surface area contributed by atoms with Crippen molar-refractivity contribution in [2.45, 2.75) is 56.4 Å². The molecule has 0 aliphatic carbocycles. The maximum atomic E-state index is 6.07. The van der Waals surface area contributed by atoms with Gasteiger partial charge in [0.2, 0.25) is 0 Å². The zero-order valence-corrected chi connectivity index (χ0v) is 12.7. The van der Waals surface area contributed by atoms with E-state index in [0.717, 1.165) is 13.0 Å². The molecule has 0 saturated carbocycles. The molecule has 1 aromatic rings. The maximum absolute atomic E-state index is 6.07. The van der Waals surface area contributed by atoms with E-state index in [-0.39, 0.29) is 0 Å². The van der Waals surface area contributed by atoms with Crippen LogP contribution in [0.3, 0.4) is 0 Å². The largest absolute Gasteiger partial charge is 0.373 e. The van der Waals surface area contributed by atoms with Crippen molar-refractivity contribution in [3.63, 3.8) is 0 Å². The van der Waals surface area contributed by atoms with Gasteiger partial charge in [0.15, 0.2) is 0 Å². The number of hydrogen-bond acceptors (Lipinski definition) is 3. The van der Waals surface area contributed by atoms with Gasteiger partial charge in [0.05, 0.1) is 12.2 Å². The summed E-state index contributed by atoms with van der Waals surface area (Å²) >= 11 is 0. The highest BCUT2D eigenvalue weighted by Crippen LogP contribution is 2.37. The van der Waals surface area contributed by atoms with Crippen LogP contribution in [0.25, 0.3) is 0 Å². The number of nitrogens with one attached hydrogen (secondary N) is 1. The summed E-state index contributed by atoms with van der Waals surface area (Å²) in [4.78, 5) is 2.72. The Morgan fingerprint density at radius 3 is 2.86 bits per heavy atom. The topological polar surface area (TPSA) is 24.5 Å². The first-order valence-electron chi connectivity index (χ1n) is 8.55. The summed E-state index contributed by atoms with van der Waals surface area (Å²) in [6, 6.07) is 12.1. The molecule has 4 atom stereocenters. The minimum absolute atomic E-state index is 0.519. The minimum Gasteiger partial charge on any atom is -0.373 e. The Morgan fingerprint density at radius 2 is 2.10 bits per heavy atom. The van der Waals surface area contributed by atoms with Crippen LogP contribution in [0.5, 0.6) is 0 Å². The summed E-state index contributed by atoms with van der Waals surface area (Å²) < 4.78 is 6.07. The fraction of sp³-hybridized carbons (Fsp3) is 0.667. The number of nitrogens with zero attached hydrogens (tertiary/aromatic N) is 1. The van der Waals surface area contributed by atoms with Gasteiger partial charge in [-0.2, -0.15) is 0 Å². The van der Waals surface area contributed by atoms with Crippen molar-refractivity contribution < 1.29 is 4.74 Å². The summed E-state index contributed by atoms with van der Waals surface area (Å²) in [7, 11) is 0. The molecule has 3 heteroatoms. The van der Waals surface area contributed by atoms with E-state index in [1.807, 2.05) is 0 Å². The third-order valence-electron chi connectivity index (χ3n) is 5.38. The van der Waals surface area contributed by atoms with E-state index < -0.39 is 0 Å². The molecule has 0 spiro atoms. The fourth-order valence-corrected chi connectivity index (χ4v) is 4.36. The summed E-state index contributed by atoms with van der Waals surface area (Å²) in [5.41, 5.74) is 1.45. The van der Waals surface area contributed by atoms with Gasteiger partial charge in [-0.3, -0.25) is 4.90 Å². The second-order valence-electron chi connectivity index (χ2n) is 6.87. The van der Waals surface area contributed by atoms with Gasteiger partial charge >= 0.3 is 0 Å². The maximum Gasteiger partial charge on any atom is 0.0735 e. The van der Waals surface area contributed by atoms with Crippen LogP contribution in [-0.2, 0) is 11.2 Å². The smallest absolute Gasteiger partial charge is 0.0735 e. The van der Waals surface area contributed by atoms with E-state index in [1.54, 1.807) is 0 Å². The third kappa shape index (κ3) is 3.01. The SMILES string of the molecule is c1ccc(CC2CN(C3CC4CCC3O4)CCCN2)cc1. The third-order valence-corrected chi connectivity index (χ3v) is 5.38. The first-order chi connectivity index (χ1) is 10.4. The van der Waals surface area contributed by atoms with Crippen molar-refractivity contribution in [3.8, 4) is 0 Å². The normalized spacial score (nSPS) is 36.8. The van der Waals surface area contributed by atoms with E-state index in [9.17, 15) is 0 Å². The molecule has 2 bridgehead atoms. The Kier molecular flexibility index (Phi) is 3.97. The average Bonchev–Trinajstić information content (AvgIpc) is 3.07. The summed E-state index contributed by atoms with van der Waals surface area (Å²) in [5.74, 6) is 0. The molecule has 4 unspecified atom stereocenters. The highest BCUT2D eigenvalue weighted by Gasteiger charge is 2.43. The van der Waals surface area contributed by atoms with Gasteiger partial charge in [-0.1, -0.05) is 30.3 Å². The van der Waals surface area contributed by atoms with Crippen molar-refractivity contribution >= 4 is 0 Å². The Bertz CT molecular complexity index is 464. The Labute approximate surface area is 127 Å². The highest BCUT2D eigenvalue weighted by atomic mass is 16.5.